The Morgan fingerprint density at radius 1 is 1.09 bits per heavy atom. The van der Waals surface area contributed by atoms with Crippen LogP contribution in [0.2, 0.25) is 0 Å². The van der Waals surface area contributed by atoms with Gasteiger partial charge in [-0.25, -0.2) is 0 Å². The summed E-state index contributed by atoms with van der Waals surface area (Å²) in [6.07, 6.45) is 0. The predicted octanol–water partition coefficient (Wildman–Crippen LogP) is 3.81. The van der Waals surface area contributed by atoms with E-state index in [0.29, 0.717) is 13.1 Å². The van der Waals surface area contributed by atoms with Crippen LogP contribution < -0.4 is 5.32 Å². The summed E-state index contributed by atoms with van der Waals surface area (Å²) < 4.78 is 5.53. The molecule has 4 nitrogen and oxygen atoms in total. The van der Waals surface area contributed by atoms with Crippen LogP contribution in [0.5, 0.6) is 0 Å². The minimum absolute atomic E-state index is 0.0361. The topological polar surface area (TPSA) is 45.5 Å². The molecular formula is C19H20N2O2. The molecule has 0 spiro atoms. The molecule has 0 saturated heterocycles. The fraction of sp³-hybridized carbons (Fsp3) is 0.211. The zero-order valence-electron chi connectivity index (χ0n) is 13.4. The van der Waals surface area contributed by atoms with Gasteiger partial charge in [-0.15, -0.1) is 0 Å². The van der Waals surface area contributed by atoms with Gasteiger partial charge < -0.3 is 9.73 Å². The SMILES string of the molecule is Cc1ccc(CN(C)CC(=O)Nc2ccc3ccccc3c2)o1. The van der Waals surface area contributed by atoms with Crippen molar-refractivity contribution in [3.8, 4) is 0 Å². The van der Waals surface area contributed by atoms with Crippen molar-refractivity contribution in [3.63, 3.8) is 0 Å². The Morgan fingerprint density at radius 2 is 1.87 bits per heavy atom. The number of likely N-dealkylation sites (N-methyl/N-ethyl adjacent to an activating group) is 1. The van der Waals surface area contributed by atoms with Crippen molar-refractivity contribution in [1.82, 2.24) is 4.90 Å². The fourth-order valence-corrected chi connectivity index (χ4v) is 2.60. The highest BCUT2D eigenvalue weighted by Gasteiger charge is 2.09. The Kier molecular flexibility index (Phi) is 4.44. The van der Waals surface area contributed by atoms with Crippen LogP contribution in [-0.2, 0) is 11.3 Å². The molecule has 4 heteroatoms. The molecule has 0 saturated carbocycles. The molecule has 0 fully saturated rings. The third-order valence-electron chi connectivity index (χ3n) is 3.67. The molecule has 1 heterocycles. The monoisotopic (exact) mass is 308 g/mol. The van der Waals surface area contributed by atoms with Gasteiger partial charge in [0.05, 0.1) is 13.1 Å². The number of fused-ring (bicyclic) bond motifs is 1. The van der Waals surface area contributed by atoms with Gasteiger partial charge in [0, 0.05) is 5.69 Å². The fourth-order valence-electron chi connectivity index (χ4n) is 2.60. The second-order valence-electron chi connectivity index (χ2n) is 5.79. The average Bonchev–Trinajstić information content (AvgIpc) is 2.91. The first-order chi connectivity index (χ1) is 11.1. The molecule has 2 aromatic carbocycles. The number of hydrogen-bond acceptors (Lipinski definition) is 3. The third kappa shape index (κ3) is 3.99. The number of amides is 1. The summed E-state index contributed by atoms with van der Waals surface area (Å²) in [5.74, 6) is 1.71. The van der Waals surface area contributed by atoms with E-state index in [1.807, 2.05) is 67.4 Å². The molecule has 0 radical (unpaired) electrons. The Hall–Kier alpha value is -2.59. The van der Waals surface area contributed by atoms with Gasteiger partial charge in [-0.05, 0) is 49.0 Å². The number of anilines is 1. The van der Waals surface area contributed by atoms with Crippen LogP contribution in [0.4, 0.5) is 5.69 Å². The molecule has 23 heavy (non-hydrogen) atoms. The lowest BCUT2D eigenvalue weighted by Crippen LogP contribution is -2.29. The summed E-state index contributed by atoms with van der Waals surface area (Å²) >= 11 is 0. The van der Waals surface area contributed by atoms with Crippen molar-refractivity contribution in [2.75, 3.05) is 18.9 Å². The van der Waals surface area contributed by atoms with Crippen LogP contribution in [-0.4, -0.2) is 24.4 Å². The lowest BCUT2D eigenvalue weighted by Gasteiger charge is -2.15. The van der Waals surface area contributed by atoms with E-state index in [1.165, 1.54) is 0 Å². The molecule has 0 atom stereocenters. The van der Waals surface area contributed by atoms with Crippen molar-refractivity contribution in [3.05, 3.63) is 66.1 Å². The number of aryl methyl sites for hydroxylation is 1. The van der Waals surface area contributed by atoms with Crippen molar-refractivity contribution in [2.24, 2.45) is 0 Å². The van der Waals surface area contributed by atoms with Crippen molar-refractivity contribution in [2.45, 2.75) is 13.5 Å². The van der Waals surface area contributed by atoms with Gasteiger partial charge in [0.15, 0.2) is 0 Å². The molecule has 0 aliphatic carbocycles. The van der Waals surface area contributed by atoms with Gasteiger partial charge in [0.2, 0.25) is 5.91 Å². The predicted molar refractivity (Wildman–Crippen MR) is 92.4 cm³/mol. The molecule has 0 aliphatic rings. The molecule has 3 rings (SSSR count). The first-order valence-corrected chi connectivity index (χ1v) is 7.63. The van der Waals surface area contributed by atoms with Gasteiger partial charge >= 0.3 is 0 Å². The number of hydrogen-bond donors (Lipinski definition) is 1. The van der Waals surface area contributed by atoms with E-state index in [1.54, 1.807) is 0 Å². The van der Waals surface area contributed by atoms with E-state index >= 15 is 0 Å². The van der Waals surface area contributed by atoms with E-state index in [2.05, 4.69) is 11.4 Å². The Bertz CT molecular complexity index is 823. The van der Waals surface area contributed by atoms with E-state index < -0.39 is 0 Å². The zero-order chi connectivity index (χ0) is 16.2. The Morgan fingerprint density at radius 3 is 2.61 bits per heavy atom. The van der Waals surface area contributed by atoms with E-state index in [9.17, 15) is 4.79 Å². The van der Waals surface area contributed by atoms with Gasteiger partial charge in [0.25, 0.3) is 0 Å². The van der Waals surface area contributed by atoms with Gasteiger partial charge in [-0.1, -0.05) is 30.3 Å². The highest BCUT2D eigenvalue weighted by molar-refractivity contribution is 5.95. The van der Waals surface area contributed by atoms with Gasteiger partial charge in [-0.2, -0.15) is 0 Å². The van der Waals surface area contributed by atoms with E-state index in [0.717, 1.165) is 28.0 Å². The molecule has 3 aromatic rings. The molecule has 0 aliphatic heterocycles. The highest BCUT2D eigenvalue weighted by Crippen LogP contribution is 2.18. The maximum atomic E-state index is 12.2. The first-order valence-electron chi connectivity index (χ1n) is 7.63. The number of rotatable bonds is 5. The van der Waals surface area contributed by atoms with Crippen LogP contribution in [0.1, 0.15) is 11.5 Å². The number of carbonyl (C=O) groups excluding carboxylic acids is 1. The number of nitrogens with zero attached hydrogens (tertiary/aromatic N) is 1. The minimum Gasteiger partial charge on any atom is -0.465 e. The Balaban J connectivity index is 1.59. The number of benzene rings is 2. The molecular weight excluding hydrogens is 288 g/mol. The zero-order valence-corrected chi connectivity index (χ0v) is 13.4. The van der Waals surface area contributed by atoms with Crippen molar-refractivity contribution in [1.29, 1.82) is 0 Å². The van der Waals surface area contributed by atoms with Gasteiger partial charge in [0.1, 0.15) is 11.5 Å². The van der Waals surface area contributed by atoms with Crippen molar-refractivity contribution < 1.29 is 9.21 Å². The number of furan rings is 1. The molecule has 1 N–H and O–H groups in total. The van der Waals surface area contributed by atoms with E-state index in [-0.39, 0.29) is 5.91 Å². The normalized spacial score (nSPS) is 11.1. The molecule has 0 unspecified atom stereocenters. The summed E-state index contributed by atoms with van der Waals surface area (Å²) in [5.41, 5.74) is 0.816. The van der Waals surface area contributed by atoms with Crippen LogP contribution >= 0.6 is 0 Å². The van der Waals surface area contributed by atoms with E-state index in [4.69, 9.17) is 4.42 Å². The second-order valence-corrected chi connectivity index (χ2v) is 5.79. The molecule has 1 aromatic heterocycles. The summed E-state index contributed by atoms with van der Waals surface area (Å²) in [7, 11) is 1.90. The second kappa shape index (κ2) is 6.67. The lowest BCUT2D eigenvalue weighted by molar-refractivity contribution is -0.117. The summed E-state index contributed by atoms with van der Waals surface area (Å²) in [6, 6.07) is 17.9. The minimum atomic E-state index is -0.0361. The average molecular weight is 308 g/mol. The maximum absolute atomic E-state index is 12.2. The van der Waals surface area contributed by atoms with Gasteiger partial charge in [-0.3, -0.25) is 9.69 Å². The van der Waals surface area contributed by atoms with Crippen molar-refractivity contribution >= 4 is 22.4 Å². The van der Waals surface area contributed by atoms with Crippen LogP contribution in [0.15, 0.2) is 59.0 Å². The van der Waals surface area contributed by atoms with Crippen LogP contribution in [0.25, 0.3) is 10.8 Å². The maximum Gasteiger partial charge on any atom is 0.238 e. The quantitative estimate of drug-likeness (QED) is 0.779. The largest absolute Gasteiger partial charge is 0.465 e. The lowest BCUT2D eigenvalue weighted by atomic mass is 10.1. The highest BCUT2D eigenvalue weighted by atomic mass is 16.3. The summed E-state index contributed by atoms with van der Waals surface area (Å²) in [5, 5.41) is 5.22. The standard InChI is InChI=1S/C19H20N2O2/c1-14-7-10-18(23-14)12-21(2)13-19(22)20-17-9-8-15-5-3-4-6-16(15)11-17/h3-11H,12-13H2,1-2H3,(H,20,22). The summed E-state index contributed by atoms with van der Waals surface area (Å²) in [6.45, 7) is 2.83. The molecule has 1 amide bonds. The van der Waals surface area contributed by atoms with Crippen LogP contribution in [0, 0.1) is 6.92 Å². The Labute approximate surface area is 135 Å². The number of nitrogens with one attached hydrogen (secondary N) is 1. The first kappa shape index (κ1) is 15.3. The molecule has 0 bridgehead atoms. The molecule has 118 valence electrons. The summed E-state index contributed by atoms with van der Waals surface area (Å²) in [4.78, 5) is 14.1. The smallest absolute Gasteiger partial charge is 0.238 e. The number of carbonyl (C=O) groups is 1. The van der Waals surface area contributed by atoms with Crippen LogP contribution in [0.3, 0.4) is 0 Å². The third-order valence-corrected chi connectivity index (χ3v) is 3.67.